The van der Waals surface area contributed by atoms with Gasteiger partial charge in [0, 0.05) is 13.0 Å². The smallest absolute Gasteiger partial charge is 0.328 e. The number of ether oxygens (including phenoxy) is 2. The van der Waals surface area contributed by atoms with E-state index in [2.05, 4.69) is 0 Å². The molecule has 1 aliphatic rings. The summed E-state index contributed by atoms with van der Waals surface area (Å²) in [5, 5.41) is 0. The fourth-order valence-electron chi connectivity index (χ4n) is 2.90. The highest BCUT2D eigenvalue weighted by Crippen LogP contribution is 2.20. The molecule has 1 fully saturated rings. The van der Waals surface area contributed by atoms with E-state index in [0.29, 0.717) is 19.6 Å². The van der Waals surface area contributed by atoms with Crippen molar-refractivity contribution in [3.8, 4) is 5.75 Å². The fourth-order valence-corrected chi connectivity index (χ4v) is 2.90. The van der Waals surface area contributed by atoms with Gasteiger partial charge in [0.2, 0.25) is 5.91 Å². The van der Waals surface area contributed by atoms with E-state index in [4.69, 9.17) is 15.2 Å². The van der Waals surface area contributed by atoms with Crippen LogP contribution in [-0.2, 0) is 27.4 Å². The SMILES string of the molecule is COC(=O)C(Cc1ccc(OCc2ccccc2)cc1)N1CC(N)C1=O. The Bertz CT molecular complexity index is 761. The third kappa shape index (κ3) is 4.03. The van der Waals surface area contributed by atoms with Crippen LogP contribution >= 0.6 is 0 Å². The number of esters is 1. The van der Waals surface area contributed by atoms with Crippen LogP contribution in [0.5, 0.6) is 5.75 Å². The summed E-state index contributed by atoms with van der Waals surface area (Å²) in [6.45, 7) is 0.863. The van der Waals surface area contributed by atoms with E-state index in [1.54, 1.807) is 0 Å². The molecule has 0 spiro atoms. The molecule has 2 unspecified atom stereocenters. The van der Waals surface area contributed by atoms with Gasteiger partial charge in [0.1, 0.15) is 24.4 Å². The molecule has 0 aromatic heterocycles. The van der Waals surface area contributed by atoms with Crippen molar-refractivity contribution >= 4 is 11.9 Å². The number of likely N-dealkylation sites (tertiary alicyclic amines) is 1. The third-order valence-corrected chi connectivity index (χ3v) is 4.44. The van der Waals surface area contributed by atoms with E-state index in [9.17, 15) is 9.59 Å². The van der Waals surface area contributed by atoms with Crippen LogP contribution < -0.4 is 10.5 Å². The van der Waals surface area contributed by atoms with Crippen molar-refractivity contribution in [3.05, 3.63) is 65.7 Å². The maximum atomic E-state index is 12.0. The van der Waals surface area contributed by atoms with Gasteiger partial charge in [-0.2, -0.15) is 0 Å². The molecular weight excluding hydrogens is 332 g/mol. The molecule has 136 valence electrons. The monoisotopic (exact) mass is 354 g/mol. The second-order valence-corrected chi connectivity index (χ2v) is 6.26. The largest absolute Gasteiger partial charge is 0.489 e. The fraction of sp³-hybridized carbons (Fsp3) is 0.300. The molecule has 6 nitrogen and oxygen atoms in total. The van der Waals surface area contributed by atoms with Crippen LogP contribution in [0.2, 0.25) is 0 Å². The van der Waals surface area contributed by atoms with E-state index in [1.807, 2.05) is 54.6 Å². The molecular formula is C20H22N2O4. The molecule has 6 heteroatoms. The summed E-state index contributed by atoms with van der Waals surface area (Å²) in [5.74, 6) is 0.0899. The van der Waals surface area contributed by atoms with Crippen molar-refractivity contribution in [3.63, 3.8) is 0 Å². The van der Waals surface area contributed by atoms with E-state index >= 15 is 0 Å². The van der Waals surface area contributed by atoms with Crippen molar-refractivity contribution in [2.45, 2.75) is 25.1 Å². The molecule has 0 bridgehead atoms. The van der Waals surface area contributed by atoms with Crippen molar-refractivity contribution in [1.29, 1.82) is 0 Å². The molecule has 1 heterocycles. The lowest BCUT2D eigenvalue weighted by molar-refractivity contribution is -0.159. The molecule has 1 saturated heterocycles. The van der Waals surface area contributed by atoms with E-state index in [0.717, 1.165) is 16.9 Å². The number of hydrogen-bond acceptors (Lipinski definition) is 5. The normalized spacial score (nSPS) is 17.4. The first-order chi connectivity index (χ1) is 12.6. The van der Waals surface area contributed by atoms with Crippen LogP contribution in [0.4, 0.5) is 0 Å². The Morgan fingerprint density at radius 3 is 2.42 bits per heavy atom. The lowest BCUT2D eigenvalue weighted by Crippen LogP contribution is -2.66. The van der Waals surface area contributed by atoms with Gasteiger partial charge < -0.3 is 20.1 Å². The summed E-state index contributed by atoms with van der Waals surface area (Å²) >= 11 is 0. The Morgan fingerprint density at radius 1 is 1.15 bits per heavy atom. The molecule has 2 aromatic carbocycles. The zero-order chi connectivity index (χ0) is 18.5. The number of carbonyl (C=O) groups excluding carboxylic acids is 2. The summed E-state index contributed by atoms with van der Waals surface area (Å²) in [5.41, 5.74) is 7.64. The second kappa shape index (κ2) is 8.01. The minimum atomic E-state index is -0.650. The van der Waals surface area contributed by atoms with Gasteiger partial charge in [-0.25, -0.2) is 4.79 Å². The van der Waals surface area contributed by atoms with Gasteiger partial charge in [-0.15, -0.1) is 0 Å². The van der Waals surface area contributed by atoms with Crippen molar-refractivity contribution in [2.24, 2.45) is 5.73 Å². The van der Waals surface area contributed by atoms with E-state index in [1.165, 1.54) is 12.0 Å². The average Bonchev–Trinajstić information content (AvgIpc) is 2.69. The predicted octanol–water partition coefficient (Wildman–Crippen LogP) is 1.52. The molecule has 2 aromatic rings. The zero-order valence-electron chi connectivity index (χ0n) is 14.6. The summed E-state index contributed by atoms with van der Waals surface area (Å²) in [6.07, 6.45) is 0.379. The Kier molecular flexibility index (Phi) is 5.53. The van der Waals surface area contributed by atoms with E-state index in [-0.39, 0.29) is 5.91 Å². The number of carbonyl (C=O) groups is 2. The number of benzene rings is 2. The molecule has 2 atom stereocenters. The van der Waals surface area contributed by atoms with Gasteiger partial charge in [-0.1, -0.05) is 42.5 Å². The Hall–Kier alpha value is -2.86. The van der Waals surface area contributed by atoms with E-state index < -0.39 is 18.1 Å². The second-order valence-electron chi connectivity index (χ2n) is 6.26. The molecule has 0 saturated carbocycles. The third-order valence-electron chi connectivity index (χ3n) is 4.44. The number of β-lactam (4-membered cyclic amide) rings is 1. The number of nitrogens with two attached hydrogens (primary N) is 1. The average molecular weight is 354 g/mol. The highest BCUT2D eigenvalue weighted by molar-refractivity contribution is 5.92. The van der Waals surface area contributed by atoms with Crippen LogP contribution in [0.1, 0.15) is 11.1 Å². The minimum absolute atomic E-state index is 0.219. The maximum absolute atomic E-state index is 12.0. The quantitative estimate of drug-likeness (QED) is 0.602. The predicted molar refractivity (Wildman–Crippen MR) is 96.4 cm³/mol. The summed E-state index contributed by atoms with van der Waals surface area (Å²) in [6, 6.07) is 16.2. The molecule has 0 aliphatic carbocycles. The van der Waals surface area contributed by atoms with Gasteiger partial charge in [-0.05, 0) is 23.3 Å². The maximum Gasteiger partial charge on any atom is 0.328 e. The number of hydrogen-bond donors (Lipinski definition) is 1. The molecule has 2 N–H and O–H groups in total. The molecule has 3 rings (SSSR count). The zero-order valence-corrected chi connectivity index (χ0v) is 14.6. The van der Waals surface area contributed by atoms with Gasteiger partial charge in [-0.3, -0.25) is 4.79 Å². The van der Waals surface area contributed by atoms with Crippen molar-refractivity contribution < 1.29 is 19.1 Å². The standard InChI is InChI=1S/C20H22N2O4/c1-25-20(24)18(22-12-17(21)19(22)23)11-14-7-9-16(10-8-14)26-13-15-5-3-2-4-6-15/h2-10,17-18H,11-13,21H2,1H3. The van der Waals surface area contributed by atoms with Crippen LogP contribution in [0.25, 0.3) is 0 Å². The van der Waals surface area contributed by atoms with Crippen LogP contribution in [0.3, 0.4) is 0 Å². The Labute approximate surface area is 152 Å². The first-order valence-corrected chi connectivity index (χ1v) is 8.48. The lowest BCUT2D eigenvalue weighted by Gasteiger charge is -2.40. The van der Waals surface area contributed by atoms with Gasteiger partial charge in [0.05, 0.1) is 7.11 Å². The number of methoxy groups -OCH3 is 1. The summed E-state index contributed by atoms with van der Waals surface area (Å²) in [7, 11) is 1.32. The highest BCUT2D eigenvalue weighted by Gasteiger charge is 2.41. The topological polar surface area (TPSA) is 81.9 Å². The van der Waals surface area contributed by atoms with Crippen molar-refractivity contribution in [1.82, 2.24) is 4.90 Å². The molecule has 1 amide bonds. The van der Waals surface area contributed by atoms with Crippen molar-refractivity contribution in [2.75, 3.05) is 13.7 Å². The summed E-state index contributed by atoms with van der Waals surface area (Å²) < 4.78 is 10.6. The van der Waals surface area contributed by atoms with Gasteiger partial charge >= 0.3 is 5.97 Å². The minimum Gasteiger partial charge on any atom is -0.489 e. The first-order valence-electron chi connectivity index (χ1n) is 8.48. The van der Waals surface area contributed by atoms with Crippen LogP contribution in [0, 0.1) is 0 Å². The Morgan fingerprint density at radius 2 is 1.85 bits per heavy atom. The molecule has 26 heavy (non-hydrogen) atoms. The van der Waals surface area contributed by atoms with Crippen LogP contribution in [-0.4, -0.2) is 42.5 Å². The van der Waals surface area contributed by atoms with Gasteiger partial charge in [0.25, 0.3) is 0 Å². The molecule has 1 aliphatic heterocycles. The number of nitrogens with zero attached hydrogens (tertiary/aromatic N) is 1. The summed E-state index contributed by atoms with van der Waals surface area (Å²) in [4.78, 5) is 25.4. The number of rotatable bonds is 7. The first kappa shape index (κ1) is 17.9. The van der Waals surface area contributed by atoms with Gasteiger partial charge in [0.15, 0.2) is 0 Å². The highest BCUT2D eigenvalue weighted by atomic mass is 16.5. The lowest BCUT2D eigenvalue weighted by atomic mass is 9.99. The molecule has 0 radical (unpaired) electrons. The van der Waals surface area contributed by atoms with Crippen LogP contribution in [0.15, 0.2) is 54.6 Å². The Balaban J connectivity index is 1.61. The number of amides is 1.